The minimum absolute atomic E-state index is 0.0511. The van der Waals surface area contributed by atoms with Crippen molar-refractivity contribution in [2.75, 3.05) is 5.88 Å². The summed E-state index contributed by atoms with van der Waals surface area (Å²) in [7, 11) is 0. The molecule has 0 atom stereocenters. The highest BCUT2D eigenvalue weighted by molar-refractivity contribution is 6.27. The third-order valence-corrected chi connectivity index (χ3v) is 2.00. The molecule has 0 unspecified atom stereocenters. The van der Waals surface area contributed by atoms with Gasteiger partial charge in [0, 0.05) is 5.54 Å². The van der Waals surface area contributed by atoms with Crippen LogP contribution < -0.4 is 5.32 Å². The molecule has 0 aliphatic carbocycles. The molecule has 12 heavy (non-hydrogen) atoms. The molecule has 0 aromatic rings. The summed E-state index contributed by atoms with van der Waals surface area (Å²) in [5.41, 5.74) is -0.109. The molecule has 0 aromatic carbocycles. The van der Waals surface area contributed by atoms with Gasteiger partial charge in [-0.2, -0.15) is 0 Å². The molecule has 0 saturated carbocycles. The van der Waals surface area contributed by atoms with Crippen molar-refractivity contribution in [1.29, 1.82) is 0 Å². The second kappa shape index (κ2) is 5.41. The Morgan fingerprint density at radius 1 is 1.50 bits per heavy atom. The summed E-state index contributed by atoms with van der Waals surface area (Å²) in [5.74, 6) is -0.0343. The number of hydrogen-bond donors (Lipinski definition) is 1. The van der Waals surface area contributed by atoms with E-state index in [0.717, 1.165) is 19.3 Å². The quantitative estimate of drug-likeness (QED) is 0.664. The topological polar surface area (TPSA) is 29.1 Å². The summed E-state index contributed by atoms with van der Waals surface area (Å²) in [6.07, 6.45) is 3.29. The first-order chi connectivity index (χ1) is 5.52. The van der Waals surface area contributed by atoms with Crippen LogP contribution in [0.25, 0.3) is 0 Å². The van der Waals surface area contributed by atoms with Gasteiger partial charge in [0.25, 0.3) is 0 Å². The van der Waals surface area contributed by atoms with Gasteiger partial charge in [0.05, 0.1) is 0 Å². The summed E-state index contributed by atoms with van der Waals surface area (Å²) in [5, 5.41) is 2.87. The highest BCUT2D eigenvalue weighted by Gasteiger charge is 2.18. The van der Waals surface area contributed by atoms with E-state index in [4.69, 9.17) is 11.6 Å². The van der Waals surface area contributed by atoms with Crippen molar-refractivity contribution in [1.82, 2.24) is 5.32 Å². The summed E-state index contributed by atoms with van der Waals surface area (Å²) < 4.78 is 0. The fourth-order valence-electron chi connectivity index (χ4n) is 1.09. The first-order valence-corrected chi connectivity index (χ1v) is 4.92. The van der Waals surface area contributed by atoms with Crippen LogP contribution in [0.2, 0.25) is 0 Å². The minimum Gasteiger partial charge on any atom is -0.350 e. The Bertz CT molecular complexity index is 145. The lowest BCUT2D eigenvalue weighted by atomic mass is 9.97. The average Bonchev–Trinajstić information content (AvgIpc) is 2.00. The maximum Gasteiger partial charge on any atom is 0.235 e. The third-order valence-electron chi connectivity index (χ3n) is 1.75. The second-order valence-electron chi connectivity index (χ2n) is 3.67. The maximum absolute atomic E-state index is 10.9. The van der Waals surface area contributed by atoms with Crippen LogP contribution in [0.1, 0.15) is 40.0 Å². The normalized spacial score (nSPS) is 11.3. The molecule has 0 bridgehead atoms. The molecule has 0 aliphatic rings. The number of carbonyl (C=O) groups is 1. The summed E-state index contributed by atoms with van der Waals surface area (Å²) in [4.78, 5) is 10.9. The fourth-order valence-corrected chi connectivity index (χ4v) is 1.16. The van der Waals surface area contributed by atoms with E-state index in [2.05, 4.69) is 12.2 Å². The lowest BCUT2D eigenvalue weighted by molar-refractivity contribution is -0.120. The van der Waals surface area contributed by atoms with Crippen molar-refractivity contribution in [2.24, 2.45) is 0 Å². The van der Waals surface area contributed by atoms with Crippen LogP contribution in [0.5, 0.6) is 0 Å². The van der Waals surface area contributed by atoms with Crippen LogP contribution in [-0.4, -0.2) is 17.3 Å². The van der Waals surface area contributed by atoms with E-state index in [9.17, 15) is 4.79 Å². The molecule has 0 radical (unpaired) electrons. The molecule has 0 saturated heterocycles. The molecule has 72 valence electrons. The molecule has 0 spiro atoms. The van der Waals surface area contributed by atoms with Gasteiger partial charge in [-0.05, 0) is 20.3 Å². The van der Waals surface area contributed by atoms with Gasteiger partial charge < -0.3 is 5.32 Å². The number of carbonyl (C=O) groups excluding carboxylic acids is 1. The van der Waals surface area contributed by atoms with Gasteiger partial charge in [-0.1, -0.05) is 19.8 Å². The Hall–Kier alpha value is -0.240. The number of unbranched alkanes of at least 4 members (excludes halogenated alkanes) is 1. The van der Waals surface area contributed by atoms with E-state index in [1.54, 1.807) is 0 Å². The number of alkyl halides is 1. The van der Waals surface area contributed by atoms with Gasteiger partial charge in [0.1, 0.15) is 5.88 Å². The highest BCUT2D eigenvalue weighted by Crippen LogP contribution is 2.12. The molecular weight excluding hydrogens is 174 g/mol. The van der Waals surface area contributed by atoms with Gasteiger partial charge in [0.15, 0.2) is 0 Å². The van der Waals surface area contributed by atoms with Crippen LogP contribution in [0.4, 0.5) is 0 Å². The Labute approximate surface area is 79.7 Å². The molecule has 3 heteroatoms. The fraction of sp³-hybridized carbons (Fsp3) is 0.889. The molecular formula is C9H18ClNO. The zero-order valence-corrected chi connectivity index (χ0v) is 8.87. The van der Waals surface area contributed by atoms with Crippen LogP contribution in [0.15, 0.2) is 0 Å². The first kappa shape index (κ1) is 11.8. The molecule has 0 heterocycles. The van der Waals surface area contributed by atoms with Crippen LogP contribution in [0, 0.1) is 0 Å². The van der Waals surface area contributed by atoms with Crippen LogP contribution >= 0.6 is 11.6 Å². The Morgan fingerprint density at radius 3 is 2.50 bits per heavy atom. The van der Waals surface area contributed by atoms with E-state index in [1.807, 2.05) is 13.8 Å². The van der Waals surface area contributed by atoms with E-state index in [1.165, 1.54) is 0 Å². The number of halogens is 1. The maximum atomic E-state index is 10.9. The smallest absolute Gasteiger partial charge is 0.235 e. The molecule has 0 fully saturated rings. The number of rotatable bonds is 5. The van der Waals surface area contributed by atoms with Crippen molar-refractivity contribution in [3.05, 3.63) is 0 Å². The van der Waals surface area contributed by atoms with Crippen molar-refractivity contribution >= 4 is 17.5 Å². The summed E-state index contributed by atoms with van der Waals surface area (Å²) >= 11 is 5.38. The van der Waals surface area contributed by atoms with E-state index < -0.39 is 0 Å². The van der Waals surface area contributed by atoms with Gasteiger partial charge in [-0.3, -0.25) is 4.79 Å². The zero-order chi connectivity index (χ0) is 9.61. The Balaban J connectivity index is 3.77. The molecule has 0 rings (SSSR count). The molecule has 0 aromatic heterocycles. The van der Waals surface area contributed by atoms with Crippen LogP contribution in [0.3, 0.4) is 0 Å². The van der Waals surface area contributed by atoms with Crippen LogP contribution in [-0.2, 0) is 4.79 Å². The minimum atomic E-state index is -0.109. The molecule has 1 amide bonds. The molecule has 2 nitrogen and oxygen atoms in total. The third kappa shape index (κ3) is 5.42. The first-order valence-electron chi connectivity index (χ1n) is 4.39. The molecule has 0 aliphatic heterocycles. The largest absolute Gasteiger partial charge is 0.350 e. The zero-order valence-electron chi connectivity index (χ0n) is 8.11. The monoisotopic (exact) mass is 191 g/mol. The lowest BCUT2D eigenvalue weighted by Gasteiger charge is -2.25. The number of nitrogens with one attached hydrogen (secondary N) is 1. The Morgan fingerprint density at radius 2 is 2.08 bits per heavy atom. The van der Waals surface area contributed by atoms with E-state index in [-0.39, 0.29) is 17.3 Å². The second-order valence-corrected chi connectivity index (χ2v) is 3.94. The standard InChI is InChI=1S/C9H18ClNO/c1-4-5-6-9(2,3)11-8(12)7-10/h4-7H2,1-3H3,(H,11,12). The van der Waals surface area contributed by atoms with Gasteiger partial charge >= 0.3 is 0 Å². The van der Waals surface area contributed by atoms with Gasteiger partial charge in [-0.15, -0.1) is 11.6 Å². The predicted octanol–water partition coefficient (Wildman–Crippen LogP) is 2.31. The van der Waals surface area contributed by atoms with Crippen molar-refractivity contribution in [3.63, 3.8) is 0 Å². The molecule has 1 N–H and O–H groups in total. The SMILES string of the molecule is CCCCC(C)(C)NC(=O)CCl. The van der Waals surface area contributed by atoms with Crippen molar-refractivity contribution < 1.29 is 4.79 Å². The van der Waals surface area contributed by atoms with E-state index >= 15 is 0 Å². The van der Waals surface area contributed by atoms with Gasteiger partial charge in [-0.25, -0.2) is 0 Å². The predicted molar refractivity (Wildman–Crippen MR) is 52.5 cm³/mol. The van der Waals surface area contributed by atoms with E-state index in [0.29, 0.717) is 0 Å². The lowest BCUT2D eigenvalue weighted by Crippen LogP contribution is -2.43. The summed E-state index contributed by atoms with van der Waals surface area (Å²) in [6.45, 7) is 6.18. The Kier molecular flexibility index (Phi) is 5.31. The number of amides is 1. The summed E-state index contributed by atoms with van der Waals surface area (Å²) in [6, 6.07) is 0. The average molecular weight is 192 g/mol. The highest BCUT2D eigenvalue weighted by atomic mass is 35.5. The van der Waals surface area contributed by atoms with Crippen molar-refractivity contribution in [3.8, 4) is 0 Å². The number of hydrogen-bond acceptors (Lipinski definition) is 1. The van der Waals surface area contributed by atoms with Gasteiger partial charge in [0.2, 0.25) is 5.91 Å². The van der Waals surface area contributed by atoms with Crippen molar-refractivity contribution in [2.45, 2.75) is 45.6 Å².